The van der Waals surface area contributed by atoms with Crippen molar-refractivity contribution in [2.75, 3.05) is 7.11 Å². The molecule has 0 aliphatic carbocycles. The van der Waals surface area contributed by atoms with Gasteiger partial charge in [-0.15, -0.1) is 0 Å². The predicted octanol–water partition coefficient (Wildman–Crippen LogP) is 2.24. The van der Waals surface area contributed by atoms with E-state index in [-0.39, 0.29) is 5.75 Å². The molecule has 86 valence electrons. The maximum Gasteiger partial charge on any atom is 0.340 e. The number of rotatable bonds is 2. The number of carbonyl (C=O) groups excluding carboxylic acids is 1. The summed E-state index contributed by atoms with van der Waals surface area (Å²) in [6, 6.07) is 9.88. The SMILES string of the molecule is COC(=O)c1cccnc1-c1cccc(O)c1. The molecule has 0 atom stereocenters. The topological polar surface area (TPSA) is 59.4 Å². The number of phenolic OH excluding ortho intramolecular Hbond substituents is 1. The molecule has 1 aromatic carbocycles. The van der Waals surface area contributed by atoms with Gasteiger partial charge in [0.05, 0.1) is 18.4 Å². The van der Waals surface area contributed by atoms with Crippen molar-refractivity contribution in [1.29, 1.82) is 0 Å². The lowest BCUT2D eigenvalue weighted by molar-refractivity contribution is 0.0601. The van der Waals surface area contributed by atoms with Gasteiger partial charge >= 0.3 is 5.97 Å². The van der Waals surface area contributed by atoms with Gasteiger partial charge in [0.15, 0.2) is 0 Å². The first-order valence-corrected chi connectivity index (χ1v) is 5.05. The highest BCUT2D eigenvalue weighted by molar-refractivity contribution is 5.96. The summed E-state index contributed by atoms with van der Waals surface area (Å²) in [5.74, 6) is -0.319. The average Bonchev–Trinajstić information content (AvgIpc) is 2.38. The lowest BCUT2D eigenvalue weighted by Crippen LogP contribution is -2.04. The van der Waals surface area contributed by atoms with Gasteiger partial charge in [-0.25, -0.2) is 4.79 Å². The second-order valence-electron chi connectivity index (χ2n) is 3.44. The van der Waals surface area contributed by atoms with Crippen molar-refractivity contribution in [2.45, 2.75) is 0 Å². The molecule has 0 bridgehead atoms. The molecule has 4 nitrogen and oxygen atoms in total. The van der Waals surface area contributed by atoms with Crippen LogP contribution in [0.5, 0.6) is 5.75 Å². The van der Waals surface area contributed by atoms with Gasteiger partial charge in [-0.3, -0.25) is 4.98 Å². The molecule has 0 aliphatic rings. The van der Waals surface area contributed by atoms with Gasteiger partial charge < -0.3 is 9.84 Å². The van der Waals surface area contributed by atoms with Crippen LogP contribution in [0.15, 0.2) is 42.6 Å². The van der Waals surface area contributed by atoms with Gasteiger partial charge in [-0.2, -0.15) is 0 Å². The number of phenols is 1. The number of benzene rings is 1. The molecule has 2 aromatic rings. The maximum atomic E-state index is 11.6. The Bertz CT molecular complexity index is 552. The third-order valence-electron chi connectivity index (χ3n) is 2.33. The fourth-order valence-corrected chi connectivity index (χ4v) is 1.56. The molecule has 4 heteroatoms. The van der Waals surface area contributed by atoms with Crippen molar-refractivity contribution in [2.24, 2.45) is 0 Å². The zero-order valence-electron chi connectivity index (χ0n) is 9.25. The first kappa shape index (κ1) is 11.1. The third kappa shape index (κ3) is 2.25. The van der Waals surface area contributed by atoms with Gasteiger partial charge in [0.2, 0.25) is 0 Å². The minimum Gasteiger partial charge on any atom is -0.508 e. The molecular formula is C13H11NO3. The van der Waals surface area contributed by atoms with E-state index in [4.69, 9.17) is 0 Å². The van der Waals surface area contributed by atoms with Crippen molar-refractivity contribution < 1.29 is 14.6 Å². The van der Waals surface area contributed by atoms with E-state index in [1.54, 1.807) is 42.6 Å². The quantitative estimate of drug-likeness (QED) is 0.802. The Morgan fingerprint density at radius 2 is 2.12 bits per heavy atom. The van der Waals surface area contributed by atoms with Crippen LogP contribution in [-0.2, 0) is 4.74 Å². The van der Waals surface area contributed by atoms with Crippen LogP contribution in [0.25, 0.3) is 11.3 Å². The summed E-state index contributed by atoms with van der Waals surface area (Å²) in [5.41, 5.74) is 1.54. The number of carbonyl (C=O) groups is 1. The van der Waals surface area contributed by atoms with Crippen LogP contribution in [-0.4, -0.2) is 23.2 Å². The second-order valence-corrected chi connectivity index (χ2v) is 3.44. The van der Waals surface area contributed by atoms with Crippen molar-refractivity contribution in [3.63, 3.8) is 0 Å². The lowest BCUT2D eigenvalue weighted by Gasteiger charge is -2.06. The summed E-state index contributed by atoms with van der Waals surface area (Å²) < 4.78 is 4.69. The maximum absolute atomic E-state index is 11.6. The predicted molar refractivity (Wildman–Crippen MR) is 62.7 cm³/mol. The van der Waals surface area contributed by atoms with Gasteiger partial charge in [-0.1, -0.05) is 12.1 Å². The van der Waals surface area contributed by atoms with E-state index in [0.29, 0.717) is 16.8 Å². The zero-order valence-corrected chi connectivity index (χ0v) is 9.25. The largest absolute Gasteiger partial charge is 0.508 e. The zero-order chi connectivity index (χ0) is 12.3. The van der Waals surface area contributed by atoms with Crippen LogP contribution in [0.2, 0.25) is 0 Å². The van der Waals surface area contributed by atoms with E-state index in [9.17, 15) is 9.90 Å². The summed E-state index contributed by atoms with van der Waals surface area (Å²) >= 11 is 0. The second kappa shape index (κ2) is 4.65. The first-order valence-electron chi connectivity index (χ1n) is 5.05. The summed E-state index contributed by atoms with van der Waals surface area (Å²) in [6.07, 6.45) is 1.59. The van der Waals surface area contributed by atoms with Gasteiger partial charge in [0, 0.05) is 11.8 Å². The number of pyridine rings is 1. The Hall–Kier alpha value is -2.36. The molecule has 0 saturated carbocycles. The molecule has 17 heavy (non-hydrogen) atoms. The molecule has 0 amide bonds. The highest BCUT2D eigenvalue weighted by Gasteiger charge is 2.13. The molecule has 1 aromatic heterocycles. The molecule has 0 radical (unpaired) electrons. The number of hydrogen-bond donors (Lipinski definition) is 1. The summed E-state index contributed by atoms with van der Waals surface area (Å²) in [7, 11) is 1.32. The smallest absolute Gasteiger partial charge is 0.340 e. The Kier molecular flexibility index (Phi) is 3.05. The van der Waals surface area contributed by atoms with E-state index in [2.05, 4.69) is 9.72 Å². The highest BCUT2D eigenvalue weighted by Crippen LogP contribution is 2.24. The van der Waals surface area contributed by atoms with Crippen LogP contribution >= 0.6 is 0 Å². The summed E-state index contributed by atoms with van der Waals surface area (Å²) in [5, 5.41) is 9.42. The van der Waals surface area contributed by atoms with Crippen molar-refractivity contribution >= 4 is 5.97 Å². The first-order chi connectivity index (χ1) is 8.22. The van der Waals surface area contributed by atoms with Crippen LogP contribution in [0, 0.1) is 0 Å². The summed E-state index contributed by atoms with van der Waals surface area (Å²) in [6.45, 7) is 0. The van der Waals surface area contributed by atoms with Crippen molar-refractivity contribution in [1.82, 2.24) is 4.98 Å². The third-order valence-corrected chi connectivity index (χ3v) is 2.33. The molecule has 0 saturated heterocycles. The molecule has 1 N–H and O–H groups in total. The molecule has 0 unspecified atom stereocenters. The van der Waals surface area contributed by atoms with Gasteiger partial charge in [-0.05, 0) is 24.3 Å². The molecule has 2 rings (SSSR count). The van der Waals surface area contributed by atoms with E-state index >= 15 is 0 Å². The van der Waals surface area contributed by atoms with E-state index in [0.717, 1.165) is 0 Å². The minimum absolute atomic E-state index is 0.129. The number of nitrogens with zero attached hydrogens (tertiary/aromatic N) is 1. The average molecular weight is 229 g/mol. The monoisotopic (exact) mass is 229 g/mol. The number of ether oxygens (including phenoxy) is 1. The lowest BCUT2D eigenvalue weighted by atomic mass is 10.1. The normalized spacial score (nSPS) is 9.94. The minimum atomic E-state index is -0.448. The van der Waals surface area contributed by atoms with Crippen LogP contribution in [0.4, 0.5) is 0 Å². The molecular weight excluding hydrogens is 218 g/mol. The number of aromatic nitrogens is 1. The highest BCUT2D eigenvalue weighted by atomic mass is 16.5. The Morgan fingerprint density at radius 3 is 2.82 bits per heavy atom. The van der Waals surface area contributed by atoms with Crippen molar-refractivity contribution in [3.8, 4) is 17.0 Å². The molecule has 0 fully saturated rings. The van der Waals surface area contributed by atoms with Crippen molar-refractivity contribution in [3.05, 3.63) is 48.2 Å². The van der Waals surface area contributed by atoms with Crippen LogP contribution in [0.3, 0.4) is 0 Å². The van der Waals surface area contributed by atoms with Gasteiger partial charge in [0.25, 0.3) is 0 Å². The van der Waals surface area contributed by atoms with Crippen LogP contribution < -0.4 is 0 Å². The van der Waals surface area contributed by atoms with E-state index in [1.165, 1.54) is 7.11 Å². The fraction of sp³-hybridized carbons (Fsp3) is 0.0769. The van der Waals surface area contributed by atoms with Gasteiger partial charge in [0.1, 0.15) is 5.75 Å². The van der Waals surface area contributed by atoms with E-state index < -0.39 is 5.97 Å². The molecule has 0 spiro atoms. The Balaban J connectivity index is 2.55. The molecule has 0 aliphatic heterocycles. The molecule has 1 heterocycles. The number of methoxy groups -OCH3 is 1. The summed E-state index contributed by atoms with van der Waals surface area (Å²) in [4.78, 5) is 15.7. The number of aromatic hydroxyl groups is 1. The van der Waals surface area contributed by atoms with E-state index in [1.807, 2.05) is 0 Å². The number of esters is 1. The Labute approximate surface area is 98.5 Å². The standard InChI is InChI=1S/C13H11NO3/c1-17-13(16)11-6-3-7-14-12(11)9-4-2-5-10(15)8-9/h2-8,15H,1H3. The van der Waals surface area contributed by atoms with Crippen LogP contribution in [0.1, 0.15) is 10.4 Å². The Morgan fingerprint density at radius 1 is 1.29 bits per heavy atom. The fourth-order valence-electron chi connectivity index (χ4n) is 1.56. The number of hydrogen-bond acceptors (Lipinski definition) is 4.